The van der Waals surface area contributed by atoms with Crippen molar-refractivity contribution in [1.82, 2.24) is 15.7 Å². The Morgan fingerprint density at radius 1 is 0.758 bits per heavy atom. The number of hydrazone groups is 1. The van der Waals surface area contributed by atoms with E-state index in [1.165, 1.54) is 0 Å². The first kappa shape index (κ1) is 22.4. The van der Waals surface area contributed by atoms with Gasteiger partial charge >= 0.3 is 0 Å². The second-order valence-corrected chi connectivity index (χ2v) is 7.95. The molecule has 0 aliphatic carbocycles. The first-order valence-corrected chi connectivity index (χ1v) is 11.4. The van der Waals surface area contributed by atoms with E-state index in [4.69, 9.17) is 12.2 Å². The average molecular weight is 451 g/mol. The lowest BCUT2D eigenvalue weighted by molar-refractivity contribution is 0.568. The van der Waals surface area contributed by atoms with E-state index in [0.29, 0.717) is 5.11 Å². The van der Waals surface area contributed by atoms with Crippen molar-refractivity contribution in [3.8, 4) is 0 Å². The van der Waals surface area contributed by atoms with Gasteiger partial charge in [-0.1, -0.05) is 104 Å². The molecule has 164 valence electrons. The highest BCUT2D eigenvalue weighted by Gasteiger charge is 2.37. The minimum atomic E-state index is -0.694. The van der Waals surface area contributed by atoms with E-state index in [0.717, 1.165) is 34.5 Å². The van der Waals surface area contributed by atoms with Gasteiger partial charge in [-0.15, -0.1) is 0 Å². The molecule has 0 aliphatic rings. The molecule has 1 aromatic heterocycles. The standard InChI is InChI=1S/C28H26N4S/c1-2-25(26-20-12-13-21-29-26)31-32-27(33)30-28(22-14-6-3-7-15-22,23-16-8-4-9-17-23)24-18-10-5-11-19-24/h3-21H,2H2,1H3,(H2,30,32,33)/b31-25+. The number of nitrogens with one attached hydrogen (secondary N) is 2. The number of benzene rings is 3. The lowest BCUT2D eigenvalue weighted by Gasteiger charge is -2.37. The Morgan fingerprint density at radius 2 is 1.24 bits per heavy atom. The fourth-order valence-corrected chi connectivity index (χ4v) is 4.15. The highest BCUT2D eigenvalue weighted by Crippen LogP contribution is 2.36. The fraction of sp³-hybridized carbons (Fsp3) is 0.107. The molecule has 0 amide bonds. The lowest BCUT2D eigenvalue weighted by Crippen LogP contribution is -2.50. The number of rotatable bonds is 7. The molecule has 0 unspecified atom stereocenters. The largest absolute Gasteiger partial charge is 0.344 e. The van der Waals surface area contributed by atoms with Crippen LogP contribution in [0.5, 0.6) is 0 Å². The van der Waals surface area contributed by atoms with Crippen LogP contribution in [0.1, 0.15) is 35.7 Å². The van der Waals surface area contributed by atoms with Crippen molar-refractivity contribution in [2.24, 2.45) is 5.10 Å². The zero-order chi connectivity index (χ0) is 22.9. The quantitative estimate of drug-likeness (QED) is 0.165. The third kappa shape index (κ3) is 4.99. The topological polar surface area (TPSA) is 49.3 Å². The highest BCUT2D eigenvalue weighted by atomic mass is 32.1. The van der Waals surface area contributed by atoms with Crippen LogP contribution >= 0.6 is 12.2 Å². The second-order valence-electron chi connectivity index (χ2n) is 7.54. The van der Waals surface area contributed by atoms with E-state index in [9.17, 15) is 0 Å². The molecule has 2 N–H and O–H groups in total. The molecular formula is C28H26N4S. The van der Waals surface area contributed by atoms with Gasteiger partial charge in [0, 0.05) is 6.20 Å². The van der Waals surface area contributed by atoms with E-state index >= 15 is 0 Å². The molecule has 4 rings (SSSR count). The van der Waals surface area contributed by atoms with Gasteiger partial charge in [0.05, 0.1) is 11.4 Å². The summed E-state index contributed by atoms with van der Waals surface area (Å²) in [5, 5.41) is 8.61. The first-order valence-electron chi connectivity index (χ1n) is 11.0. The maximum absolute atomic E-state index is 5.77. The molecule has 0 saturated carbocycles. The molecule has 0 spiro atoms. The van der Waals surface area contributed by atoms with Crippen LogP contribution < -0.4 is 10.7 Å². The Bertz CT molecular complexity index is 1100. The van der Waals surface area contributed by atoms with Gasteiger partial charge in [0.15, 0.2) is 5.11 Å². The van der Waals surface area contributed by atoms with Crippen LogP contribution in [-0.4, -0.2) is 15.8 Å². The van der Waals surface area contributed by atoms with Crippen LogP contribution in [0, 0.1) is 0 Å². The molecule has 4 nitrogen and oxygen atoms in total. The van der Waals surface area contributed by atoms with E-state index in [2.05, 4.69) is 57.2 Å². The smallest absolute Gasteiger partial charge is 0.188 e. The van der Waals surface area contributed by atoms with Gasteiger partial charge in [-0.3, -0.25) is 10.4 Å². The predicted octanol–water partition coefficient (Wildman–Crippen LogP) is 5.65. The summed E-state index contributed by atoms with van der Waals surface area (Å²) in [7, 11) is 0. The monoisotopic (exact) mass is 450 g/mol. The summed E-state index contributed by atoms with van der Waals surface area (Å²) in [4.78, 5) is 4.41. The van der Waals surface area contributed by atoms with E-state index in [1.54, 1.807) is 6.20 Å². The Balaban J connectivity index is 1.76. The molecule has 0 bridgehead atoms. The zero-order valence-electron chi connectivity index (χ0n) is 18.5. The number of pyridine rings is 1. The summed E-state index contributed by atoms with van der Waals surface area (Å²) in [6.45, 7) is 2.05. The average Bonchev–Trinajstić information content (AvgIpc) is 2.90. The van der Waals surface area contributed by atoms with Gasteiger partial charge in [-0.25, -0.2) is 0 Å². The van der Waals surface area contributed by atoms with Gasteiger partial charge in [0.25, 0.3) is 0 Å². The van der Waals surface area contributed by atoms with Crippen molar-refractivity contribution in [2.45, 2.75) is 18.9 Å². The van der Waals surface area contributed by atoms with Gasteiger partial charge < -0.3 is 5.32 Å². The Hall–Kier alpha value is -3.83. The molecule has 33 heavy (non-hydrogen) atoms. The molecule has 0 saturated heterocycles. The minimum Gasteiger partial charge on any atom is -0.344 e. The fourth-order valence-electron chi connectivity index (χ4n) is 3.95. The molecule has 3 aromatic carbocycles. The van der Waals surface area contributed by atoms with Crippen LogP contribution in [-0.2, 0) is 5.54 Å². The Morgan fingerprint density at radius 3 is 1.67 bits per heavy atom. The molecule has 4 aromatic rings. The van der Waals surface area contributed by atoms with Gasteiger partial charge in [-0.2, -0.15) is 5.10 Å². The maximum atomic E-state index is 5.77. The van der Waals surface area contributed by atoms with E-state index in [-0.39, 0.29) is 0 Å². The maximum Gasteiger partial charge on any atom is 0.188 e. The zero-order valence-corrected chi connectivity index (χ0v) is 19.3. The SMILES string of the molecule is CC/C(=N\NC(=S)NC(c1ccccc1)(c1ccccc1)c1ccccc1)c1ccccn1. The van der Waals surface area contributed by atoms with Crippen LogP contribution in [0.3, 0.4) is 0 Å². The molecular weight excluding hydrogens is 424 g/mol. The summed E-state index contributed by atoms with van der Waals surface area (Å²) in [6, 6.07) is 36.8. The summed E-state index contributed by atoms with van der Waals surface area (Å²) in [6.07, 6.45) is 2.50. The molecule has 0 atom stereocenters. The summed E-state index contributed by atoms with van der Waals surface area (Å²) < 4.78 is 0. The third-order valence-electron chi connectivity index (χ3n) is 5.51. The summed E-state index contributed by atoms with van der Waals surface area (Å²) >= 11 is 5.77. The number of aromatic nitrogens is 1. The highest BCUT2D eigenvalue weighted by molar-refractivity contribution is 7.80. The van der Waals surface area contributed by atoms with E-state index in [1.807, 2.05) is 79.7 Å². The predicted molar refractivity (Wildman–Crippen MR) is 139 cm³/mol. The minimum absolute atomic E-state index is 0.424. The van der Waals surface area contributed by atoms with Crippen molar-refractivity contribution >= 4 is 23.0 Å². The second kappa shape index (κ2) is 10.7. The number of thiocarbonyl (C=S) groups is 1. The Kier molecular flexibility index (Phi) is 7.22. The molecule has 5 heteroatoms. The molecule has 1 heterocycles. The molecule has 0 fully saturated rings. The van der Waals surface area contributed by atoms with Gasteiger partial charge in [-0.05, 0) is 47.5 Å². The first-order chi connectivity index (χ1) is 16.2. The molecule has 0 radical (unpaired) electrons. The number of hydrogen-bond acceptors (Lipinski definition) is 3. The van der Waals surface area contributed by atoms with Crippen LogP contribution in [0.25, 0.3) is 0 Å². The summed E-state index contributed by atoms with van der Waals surface area (Å²) in [5.41, 5.74) is 7.28. The van der Waals surface area contributed by atoms with Crippen molar-refractivity contribution in [2.75, 3.05) is 0 Å². The number of hydrogen-bond donors (Lipinski definition) is 2. The van der Waals surface area contributed by atoms with Crippen LogP contribution in [0.2, 0.25) is 0 Å². The van der Waals surface area contributed by atoms with Crippen molar-refractivity contribution in [3.63, 3.8) is 0 Å². The Labute approximate surface area is 200 Å². The van der Waals surface area contributed by atoms with Crippen molar-refractivity contribution in [3.05, 3.63) is 138 Å². The number of nitrogens with zero attached hydrogens (tertiary/aromatic N) is 2. The van der Waals surface area contributed by atoms with Gasteiger partial charge in [0.2, 0.25) is 0 Å². The third-order valence-corrected chi connectivity index (χ3v) is 5.70. The van der Waals surface area contributed by atoms with Crippen molar-refractivity contribution < 1.29 is 0 Å². The normalized spacial score (nSPS) is 11.6. The van der Waals surface area contributed by atoms with Crippen molar-refractivity contribution in [1.29, 1.82) is 0 Å². The van der Waals surface area contributed by atoms with Crippen LogP contribution in [0.15, 0.2) is 120 Å². The van der Waals surface area contributed by atoms with Gasteiger partial charge in [0.1, 0.15) is 5.54 Å². The lowest BCUT2D eigenvalue weighted by atomic mass is 9.77. The summed E-state index contributed by atoms with van der Waals surface area (Å²) in [5.74, 6) is 0. The molecule has 0 aliphatic heterocycles. The van der Waals surface area contributed by atoms with Crippen LogP contribution in [0.4, 0.5) is 0 Å². The van der Waals surface area contributed by atoms with E-state index < -0.39 is 5.54 Å².